The predicted molar refractivity (Wildman–Crippen MR) is 120 cm³/mol. The molecule has 3 aromatic heterocycles. The lowest BCUT2D eigenvalue weighted by molar-refractivity contribution is 0.477. The molecule has 0 amide bonds. The Bertz CT molecular complexity index is 1320. The second kappa shape index (κ2) is 9.03. The van der Waals surface area contributed by atoms with E-state index in [1.54, 1.807) is 30.7 Å². The lowest BCUT2D eigenvalue weighted by Gasteiger charge is -2.06. The Morgan fingerprint density at radius 1 is 0.938 bits per heavy atom. The van der Waals surface area contributed by atoms with Crippen LogP contribution in [-0.2, 0) is 5.75 Å². The van der Waals surface area contributed by atoms with E-state index in [1.807, 2.05) is 36.4 Å². The summed E-state index contributed by atoms with van der Waals surface area (Å²) in [6.45, 7) is 0. The highest BCUT2D eigenvalue weighted by Crippen LogP contribution is 2.26. The van der Waals surface area contributed by atoms with E-state index in [0.717, 1.165) is 22.6 Å². The number of thioether (sulfide) groups is 1. The number of ether oxygens (including phenoxy) is 1. The van der Waals surface area contributed by atoms with Crippen molar-refractivity contribution >= 4 is 11.8 Å². The summed E-state index contributed by atoms with van der Waals surface area (Å²) in [5.41, 5.74) is 2.75. The van der Waals surface area contributed by atoms with Gasteiger partial charge in [0.05, 0.1) is 17.6 Å². The van der Waals surface area contributed by atoms with Crippen molar-refractivity contribution in [1.82, 2.24) is 30.1 Å². The number of nitrogens with one attached hydrogen (secondary N) is 2. The standard InChI is InChI=1S/C23H17FN6OS/c24-17-4-1-5-19(11-17)31-18-8-6-15(7-9-18)20-13-26-21(27-20)14-32-23-28-22(29-30-23)16-3-2-10-25-12-16/h1-13H,14H2,(H,26,27)(H,28,29,30). The zero-order chi connectivity index (χ0) is 21.8. The molecule has 5 rings (SSSR count). The normalized spacial score (nSPS) is 10.9. The zero-order valence-corrected chi connectivity index (χ0v) is 17.5. The minimum atomic E-state index is -0.333. The maximum Gasteiger partial charge on any atom is 0.209 e. The van der Waals surface area contributed by atoms with Gasteiger partial charge in [-0.15, -0.1) is 5.10 Å². The smallest absolute Gasteiger partial charge is 0.209 e. The Kier molecular flexibility index (Phi) is 5.63. The van der Waals surface area contributed by atoms with Gasteiger partial charge in [-0.1, -0.05) is 17.8 Å². The lowest BCUT2D eigenvalue weighted by atomic mass is 10.1. The minimum absolute atomic E-state index is 0.333. The molecule has 0 radical (unpaired) electrons. The molecule has 7 nitrogen and oxygen atoms in total. The molecule has 158 valence electrons. The number of nitrogens with zero attached hydrogens (tertiary/aromatic N) is 4. The number of hydrogen-bond acceptors (Lipinski definition) is 6. The van der Waals surface area contributed by atoms with Crippen LogP contribution in [0, 0.1) is 5.82 Å². The van der Waals surface area contributed by atoms with E-state index in [1.165, 1.54) is 23.9 Å². The van der Waals surface area contributed by atoms with Crippen LogP contribution in [0.2, 0.25) is 0 Å². The number of rotatable bonds is 7. The third kappa shape index (κ3) is 4.68. The van der Waals surface area contributed by atoms with Gasteiger partial charge >= 0.3 is 0 Å². The van der Waals surface area contributed by atoms with E-state index in [-0.39, 0.29) is 5.82 Å². The van der Waals surface area contributed by atoms with Crippen molar-refractivity contribution in [3.63, 3.8) is 0 Å². The Labute approximate surface area is 187 Å². The summed E-state index contributed by atoms with van der Waals surface area (Å²) in [7, 11) is 0. The number of hydrogen-bond donors (Lipinski definition) is 2. The molecule has 0 saturated heterocycles. The van der Waals surface area contributed by atoms with Gasteiger partial charge in [-0.25, -0.2) is 14.4 Å². The number of halogens is 1. The zero-order valence-electron chi connectivity index (χ0n) is 16.7. The van der Waals surface area contributed by atoms with Gasteiger partial charge in [-0.3, -0.25) is 10.1 Å². The molecule has 0 saturated carbocycles. The van der Waals surface area contributed by atoms with Crippen LogP contribution in [0.1, 0.15) is 5.82 Å². The molecular weight excluding hydrogens is 427 g/mol. The predicted octanol–water partition coefficient (Wildman–Crippen LogP) is 5.48. The molecule has 0 aliphatic rings. The van der Waals surface area contributed by atoms with Gasteiger partial charge in [0.15, 0.2) is 5.82 Å². The monoisotopic (exact) mass is 444 g/mol. The molecule has 9 heteroatoms. The fraction of sp³-hybridized carbons (Fsp3) is 0.0435. The van der Waals surface area contributed by atoms with Gasteiger partial charge < -0.3 is 9.72 Å². The van der Waals surface area contributed by atoms with Crippen LogP contribution in [-0.4, -0.2) is 30.1 Å². The maximum atomic E-state index is 13.3. The first-order valence-electron chi connectivity index (χ1n) is 9.76. The van der Waals surface area contributed by atoms with Gasteiger partial charge in [0.25, 0.3) is 0 Å². The quantitative estimate of drug-likeness (QED) is 0.323. The minimum Gasteiger partial charge on any atom is -0.457 e. The van der Waals surface area contributed by atoms with Gasteiger partial charge in [0.1, 0.15) is 23.1 Å². The number of benzene rings is 2. The van der Waals surface area contributed by atoms with Crippen LogP contribution in [0.25, 0.3) is 22.6 Å². The number of pyridine rings is 1. The first kappa shape index (κ1) is 20.0. The Hall–Kier alpha value is -3.98. The molecule has 5 aromatic rings. The highest BCUT2D eigenvalue weighted by Gasteiger charge is 2.09. The van der Waals surface area contributed by atoms with Gasteiger partial charge in [0.2, 0.25) is 5.16 Å². The van der Waals surface area contributed by atoms with Crippen molar-refractivity contribution in [2.45, 2.75) is 10.9 Å². The molecule has 0 aliphatic heterocycles. The van der Waals surface area contributed by atoms with Crippen molar-refractivity contribution in [3.05, 3.63) is 90.9 Å². The molecular formula is C23H17FN6OS. The molecule has 0 fully saturated rings. The Morgan fingerprint density at radius 2 is 1.84 bits per heavy atom. The first-order chi connectivity index (χ1) is 15.7. The van der Waals surface area contributed by atoms with Crippen LogP contribution in [0.4, 0.5) is 4.39 Å². The van der Waals surface area contributed by atoms with E-state index in [2.05, 4.69) is 30.1 Å². The molecule has 0 spiro atoms. The topological polar surface area (TPSA) is 92.4 Å². The SMILES string of the molecule is Fc1cccc(Oc2ccc(-c3cnc(CSc4n[nH]c(-c5cccnc5)n4)[nH]3)cc2)c1. The molecule has 32 heavy (non-hydrogen) atoms. The number of aromatic nitrogens is 6. The largest absolute Gasteiger partial charge is 0.457 e. The molecule has 0 aliphatic carbocycles. The summed E-state index contributed by atoms with van der Waals surface area (Å²) in [5, 5.41) is 7.81. The Balaban J connectivity index is 1.21. The van der Waals surface area contributed by atoms with Crippen LogP contribution in [0.3, 0.4) is 0 Å². The van der Waals surface area contributed by atoms with Crippen molar-refractivity contribution in [2.24, 2.45) is 0 Å². The van der Waals surface area contributed by atoms with Gasteiger partial charge in [-0.05, 0) is 54.1 Å². The summed E-state index contributed by atoms with van der Waals surface area (Å²) in [6, 6.07) is 17.4. The second-order valence-electron chi connectivity index (χ2n) is 6.82. The summed E-state index contributed by atoms with van der Waals surface area (Å²) >= 11 is 1.48. The molecule has 3 heterocycles. The highest BCUT2D eigenvalue weighted by atomic mass is 32.2. The fourth-order valence-electron chi connectivity index (χ4n) is 3.03. The Morgan fingerprint density at radius 3 is 2.66 bits per heavy atom. The third-order valence-electron chi connectivity index (χ3n) is 4.56. The van der Waals surface area contributed by atoms with Gasteiger partial charge in [0, 0.05) is 24.0 Å². The van der Waals surface area contributed by atoms with Crippen molar-refractivity contribution < 1.29 is 9.13 Å². The number of aromatic amines is 2. The van der Waals surface area contributed by atoms with Crippen LogP contribution in [0.5, 0.6) is 11.5 Å². The average molecular weight is 444 g/mol. The lowest BCUT2D eigenvalue weighted by Crippen LogP contribution is -1.87. The van der Waals surface area contributed by atoms with E-state index < -0.39 is 0 Å². The summed E-state index contributed by atoms with van der Waals surface area (Å²) < 4.78 is 19.0. The van der Waals surface area contributed by atoms with E-state index in [0.29, 0.717) is 28.2 Å². The molecule has 2 N–H and O–H groups in total. The molecule has 2 aromatic carbocycles. The maximum absolute atomic E-state index is 13.3. The molecule has 0 bridgehead atoms. The summed E-state index contributed by atoms with van der Waals surface area (Å²) in [5.74, 6) is 2.85. The number of H-pyrrole nitrogens is 2. The van der Waals surface area contributed by atoms with E-state index in [9.17, 15) is 4.39 Å². The van der Waals surface area contributed by atoms with Gasteiger partial charge in [-0.2, -0.15) is 0 Å². The van der Waals surface area contributed by atoms with Crippen LogP contribution < -0.4 is 4.74 Å². The van der Waals surface area contributed by atoms with Crippen molar-refractivity contribution in [3.8, 4) is 34.1 Å². The van der Waals surface area contributed by atoms with Crippen molar-refractivity contribution in [2.75, 3.05) is 0 Å². The van der Waals surface area contributed by atoms with Crippen LogP contribution in [0.15, 0.2) is 84.4 Å². The van der Waals surface area contributed by atoms with E-state index in [4.69, 9.17) is 4.74 Å². The molecule has 0 unspecified atom stereocenters. The average Bonchev–Trinajstić information content (AvgIpc) is 3.49. The molecule has 0 atom stereocenters. The second-order valence-corrected chi connectivity index (χ2v) is 7.77. The number of imidazole rings is 1. The first-order valence-corrected chi connectivity index (χ1v) is 10.7. The summed E-state index contributed by atoms with van der Waals surface area (Å²) in [6.07, 6.45) is 5.24. The highest BCUT2D eigenvalue weighted by molar-refractivity contribution is 7.98. The summed E-state index contributed by atoms with van der Waals surface area (Å²) in [4.78, 5) is 16.3. The van der Waals surface area contributed by atoms with E-state index >= 15 is 0 Å². The van der Waals surface area contributed by atoms with Crippen molar-refractivity contribution in [1.29, 1.82) is 0 Å². The van der Waals surface area contributed by atoms with Crippen LogP contribution >= 0.6 is 11.8 Å². The third-order valence-corrected chi connectivity index (χ3v) is 5.42. The fourth-order valence-corrected chi connectivity index (χ4v) is 3.71.